The quantitative estimate of drug-likeness (QED) is 0.296. The van der Waals surface area contributed by atoms with Crippen LogP contribution in [0.3, 0.4) is 0 Å². The van der Waals surface area contributed by atoms with Gasteiger partial charge in [-0.3, -0.25) is 4.79 Å². The van der Waals surface area contributed by atoms with Crippen molar-refractivity contribution in [3.05, 3.63) is 33.3 Å². The Balaban J connectivity index is 3.42. The maximum Gasteiger partial charge on any atom is 0.409 e. The first kappa shape index (κ1) is 22.7. The highest BCUT2D eigenvalue weighted by Crippen LogP contribution is 2.38. The molecule has 0 bridgehead atoms. The van der Waals surface area contributed by atoms with Gasteiger partial charge >= 0.3 is 12.1 Å². The average Bonchev–Trinajstić information content (AvgIpc) is 2.42. The van der Waals surface area contributed by atoms with Gasteiger partial charge in [0.1, 0.15) is 22.1 Å². The van der Waals surface area contributed by atoms with Crippen molar-refractivity contribution < 1.29 is 27.8 Å². The molecule has 1 N–H and O–H groups in total. The monoisotopic (exact) mass is 453 g/mol. The van der Waals surface area contributed by atoms with Crippen LogP contribution in [-0.2, 0) is 19.1 Å². The fourth-order valence-electron chi connectivity index (χ4n) is 2.18. The van der Waals surface area contributed by atoms with E-state index < -0.39 is 46.2 Å². The molecule has 9 heteroatoms. The van der Waals surface area contributed by atoms with Gasteiger partial charge < -0.3 is 14.8 Å². The summed E-state index contributed by atoms with van der Waals surface area (Å²) in [6.07, 6.45) is -1.58. The van der Waals surface area contributed by atoms with Crippen molar-refractivity contribution in [1.82, 2.24) is 5.32 Å². The molecular formula is C17H22BrF2NO4S. The Kier molecular flexibility index (Phi) is 7.47. The molecule has 1 aromatic carbocycles. The summed E-state index contributed by atoms with van der Waals surface area (Å²) in [5.41, 5.74) is -1.32. The number of hydrogen-bond acceptors (Lipinski definition) is 5. The normalized spacial score (nSPS) is 13.7. The van der Waals surface area contributed by atoms with Gasteiger partial charge in [-0.25, -0.2) is 13.6 Å². The van der Waals surface area contributed by atoms with Crippen LogP contribution in [0.2, 0.25) is 0 Å². The van der Waals surface area contributed by atoms with E-state index in [0.29, 0.717) is 0 Å². The Morgan fingerprint density at radius 1 is 1.27 bits per heavy atom. The summed E-state index contributed by atoms with van der Waals surface area (Å²) < 4.78 is 39.3. The van der Waals surface area contributed by atoms with Crippen molar-refractivity contribution in [3.63, 3.8) is 0 Å². The number of rotatable bonds is 5. The SMILES string of the molecule is CCOC(=O)C[C@@](S)(NC(=O)OC(C)(C)C)c1c(F)c(C)cc(Br)c1F. The van der Waals surface area contributed by atoms with Gasteiger partial charge in [-0.1, -0.05) is 0 Å². The Labute approximate surface area is 165 Å². The zero-order chi connectivity index (χ0) is 20.3. The molecule has 26 heavy (non-hydrogen) atoms. The number of alkyl carbamates (subject to hydrolysis) is 1. The zero-order valence-corrected chi connectivity index (χ0v) is 17.7. The van der Waals surface area contributed by atoms with E-state index in [-0.39, 0.29) is 16.6 Å². The highest BCUT2D eigenvalue weighted by molar-refractivity contribution is 9.10. The number of esters is 1. The zero-order valence-electron chi connectivity index (χ0n) is 15.2. The fraction of sp³-hybridized carbons (Fsp3) is 0.529. The molecule has 0 spiro atoms. The number of halogens is 3. The molecular weight excluding hydrogens is 432 g/mol. The first-order chi connectivity index (χ1) is 11.8. The summed E-state index contributed by atoms with van der Waals surface area (Å²) in [5.74, 6) is -2.69. The summed E-state index contributed by atoms with van der Waals surface area (Å²) in [6.45, 7) is 7.96. The molecule has 1 amide bonds. The fourth-order valence-corrected chi connectivity index (χ4v) is 3.14. The second kappa shape index (κ2) is 8.56. The molecule has 0 unspecified atom stereocenters. The van der Waals surface area contributed by atoms with E-state index in [1.54, 1.807) is 27.7 Å². The van der Waals surface area contributed by atoms with Crippen molar-refractivity contribution in [3.8, 4) is 0 Å². The maximum atomic E-state index is 14.7. The van der Waals surface area contributed by atoms with Crippen LogP contribution in [0.4, 0.5) is 13.6 Å². The molecule has 0 saturated carbocycles. The molecule has 146 valence electrons. The second-order valence-corrected chi connectivity index (χ2v) is 8.26. The summed E-state index contributed by atoms with van der Waals surface area (Å²) >= 11 is 7.25. The lowest BCUT2D eigenvalue weighted by Gasteiger charge is -2.32. The number of aryl methyl sites for hydroxylation is 1. The van der Waals surface area contributed by atoms with Gasteiger partial charge in [-0.2, -0.15) is 0 Å². The summed E-state index contributed by atoms with van der Waals surface area (Å²) in [6, 6.07) is 1.25. The average molecular weight is 454 g/mol. The minimum absolute atomic E-state index is 0.0281. The van der Waals surface area contributed by atoms with Crippen molar-refractivity contribution in [2.75, 3.05) is 6.61 Å². The second-order valence-electron chi connectivity index (χ2n) is 6.65. The molecule has 0 aromatic heterocycles. The van der Waals surface area contributed by atoms with E-state index in [1.165, 1.54) is 13.0 Å². The lowest BCUT2D eigenvalue weighted by atomic mass is 9.99. The molecule has 0 radical (unpaired) electrons. The topological polar surface area (TPSA) is 64.6 Å². The van der Waals surface area contributed by atoms with Crippen molar-refractivity contribution in [1.29, 1.82) is 0 Å². The lowest BCUT2D eigenvalue weighted by Crippen LogP contribution is -2.47. The molecule has 0 aliphatic heterocycles. The van der Waals surface area contributed by atoms with Crippen LogP contribution in [0.1, 0.15) is 45.2 Å². The van der Waals surface area contributed by atoms with E-state index >= 15 is 0 Å². The van der Waals surface area contributed by atoms with Crippen LogP contribution in [0, 0.1) is 18.6 Å². The molecule has 1 atom stereocenters. The number of carbonyl (C=O) groups excluding carboxylic acids is 2. The van der Waals surface area contributed by atoms with E-state index in [9.17, 15) is 18.4 Å². The third-order valence-electron chi connectivity index (χ3n) is 3.16. The summed E-state index contributed by atoms with van der Waals surface area (Å²) in [5, 5.41) is 2.29. The Hall–Kier alpha value is -1.35. The van der Waals surface area contributed by atoms with E-state index in [1.807, 2.05) is 0 Å². The van der Waals surface area contributed by atoms with E-state index in [4.69, 9.17) is 9.47 Å². The molecule has 0 fully saturated rings. The smallest absolute Gasteiger partial charge is 0.409 e. The van der Waals surface area contributed by atoms with Crippen molar-refractivity contribution in [2.24, 2.45) is 0 Å². The molecule has 1 aromatic rings. The van der Waals surface area contributed by atoms with Gasteiger partial charge in [-0.05, 0) is 62.2 Å². The first-order valence-corrected chi connectivity index (χ1v) is 9.08. The number of benzene rings is 1. The van der Waals surface area contributed by atoms with Gasteiger partial charge in [0.2, 0.25) is 0 Å². The highest BCUT2D eigenvalue weighted by atomic mass is 79.9. The lowest BCUT2D eigenvalue weighted by molar-refractivity contribution is -0.144. The Morgan fingerprint density at radius 2 is 1.85 bits per heavy atom. The van der Waals surface area contributed by atoms with Crippen LogP contribution in [0.15, 0.2) is 10.5 Å². The number of ether oxygens (including phenoxy) is 2. The third kappa shape index (κ3) is 5.84. The van der Waals surface area contributed by atoms with Crippen molar-refractivity contribution in [2.45, 2.75) is 51.5 Å². The standard InChI is InChI=1S/C17H22BrF2NO4S/c1-6-24-11(22)8-17(26,21-15(23)25-16(3,4)5)12-13(19)9(2)7-10(18)14(12)20/h7,26H,6,8H2,1-5H3,(H,21,23)/t17-/m0/s1. The summed E-state index contributed by atoms with van der Waals surface area (Å²) in [7, 11) is 0. The number of nitrogens with one attached hydrogen (secondary N) is 1. The van der Waals surface area contributed by atoms with Crippen LogP contribution in [0.5, 0.6) is 0 Å². The number of carbonyl (C=O) groups is 2. The minimum Gasteiger partial charge on any atom is -0.466 e. The highest BCUT2D eigenvalue weighted by Gasteiger charge is 2.40. The van der Waals surface area contributed by atoms with Crippen LogP contribution in [0.25, 0.3) is 0 Å². The van der Waals surface area contributed by atoms with Crippen molar-refractivity contribution >= 4 is 40.6 Å². The van der Waals surface area contributed by atoms with Crippen LogP contribution >= 0.6 is 28.6 Å². The van der Waals surface area contributed by atoms with Gasteiger partial charge in [0.05, 0.1) is 23.1 Å². The van der Waals surface area contributed by atoms with Gasteiger partial charge in [0.25, 0.3) is 0 Å². The first-order valence-electron chi connectivity index (χ1n) is 7.84. The third-order valence-corrected chi connectivity index (χ3v) is 4.24. The van der Waals surface area contributed by atoms with Gasteiger partial charge in [0.15, 0.2) is 0 Å². The number of hydrogen-bond donors (Lipinski definition) is 2. The Bertz CT molecular complexity index is 683. The molecule has 0 aliphatic rings. The van der Waals surface area contributed by atoms with Gasteiger partial charge in [0, 0.05) is 0 Å². The van der Waals surface area contributed by atoms with E-state index in [2.05, 4.69) is 33.9 Å². The molecule has 0 saturated heterocycles. The van der Waals surface area contributed by atoms with E-state index in [0.717, 1.165) is 0 Å². The molecule has 1 rings (SSSR count). The largest absolute Gasteiger partial charge is 0.466 e. The van der Waals surface area contributed by atoms with Gasteiger partial charge in [-0.15, -0.1) is 12.6 Å². The number of amides is 1. The summed E-state index contributed by atoms with van der Waals surface area (Å²) in [4.78, 5) is 22.1. The maximum absolute atomic E-state index is 14.7. The van der Waals surface area contributed by atoms with Crippen LogP contribution in [-0.4, -0.2) is 24.3 Å². The minimum atomic E-state index is -2.02. The predicted octanol–water partition coefficient (Wildman–Crippen LogP) is 4.60. The molecule has 0 aliphatic carbocycles. The predicted molar refractivity (Wildman–Crippen MR) is 100 cm³/mol. The molecule has 0 heterocycles. The molecule has 5 nitrogen and oxygen atoms in total. The Morgan fingerprint density at radius 3 is 2.35 bits per heavy atom. The van der Waals surface area contributed by atoms with Crippen LogP contribution < -0.4 is 5.32 Å². The number of thiol groups is 1.